The maximum Gasteiger partial charge on any atom is 0.449 e. The number of aromatic nitrogens is 2. The Morgan fingerprint density at radius 1 is 1.30 bits per heavy atom. The predicted molar refractivity (Wildman–Crippen MR) is 77.1 cm³/mol. The lowest BCUT2D eigenvalue weighted by Gasteiger charge is -2.27. The molecule has 0 spiro atoms. The van der Waals surface area contributed by atoms with Crippen molar-refractivity contribution < 1.29 is 22.7 Å². The summed E-state index contributed by atoms with van der Waals surface area (Å²) >= 11 is 5.87. The molecule has 23 heavy (non-hydrogen) atoms. The van der Waals surface area contributed by atoms with E-state index in [0.717, 1.165) is 4.57 Å². The molecule has 0 radical (unpaired) electrons. The summed E-state index contributed by atoms with van der Waals surface area (Å²) in [5.74, 6) is -1.51. The molecule has 1 fully saturated rings. The minimum Gasteiger partial charge on any atom is -0.378 e. The fraction of sp³-hybridized carbons (Fsp3) is 0.429. The van der Waals surface area contributed by atoms with E-state index in [2.05, 4.69) is 4.98 Å². The van der Waals surface area contributed by atoms with Crippen molar-refractivity contribution in [2.75, 3.05) is 26.3 Å². The maximum atomic E-state index is 13.2. The Hall–Kier alpha value is -1.80. The summed E-state index contributed by atoms with van der Waals surface area (Å²) in [7, 11) is 0. The minimum absolute atomic E-state index is 0.150. The van der Waals surface area contributed by atoms with Crippen LogP contribution in [0.25, 0.3) is 11.0 Å². The zero-order chi connectivity index (χ0) is 16.6. The van der Waals surface area contributed by atoms with E-state index in [4.69, 9.17) is 16.3 Å². The number of amides is 1. The number of nitrogens with zero attached hydrogens (tertiary/aromatic N) is 3. The molecule has 5 nitrogen and oxygen atoms in total. The molecule has 2 aromatic rings. The normalized spacial score (nSPS) is 16.1. The van der Waals surface area contributed by atoms with Gasteiger partial charge in [0.15, 0.2) is 0 Å². The summed E-state index contributed by atoms with van der Waals surface area (Å²) in [6, 6.07) is 4.25. The van der Waals surface area contributed by atoms with Crippen molar-refractivity contribution in [2.24, 2.45) is 0 Å². The highest BCUT2D eigenvalue weighted by Crippen LogP contribution is 2.32. The van der Waals surface area contributed by atoms with Crippen LogP contribution in [0, 0.1) is 0 Å². The molecule has 1 amide bonds. The lowest BCUT2D eigenvalue weighted by molar-refractivity contribution is -0.148. The number of ether oxygens (including phenoxy) is 1. The van der Waals surface area contributed by atoms with Crippen LogP contribution in [-0.2, 0) is 22.3 Å². The lowest BCUT2D eigenvalue weighted by Crippen LogP contribution is -2.42. The Kier molecular flexibility index (Phi) is 4.20. The van der Waals surface area contributed by atoms with Crippen molar-refractivity contribution in [1.82, 2.24) is 14.5 Å². The van der Waals surface area contributed by atoms with Crippen molar-refractivity contribution in [3.05, 3.63) is 29.0 Å². The van der Waals surface area contributed by atoms with Gasteiger partial charge in [0.2, 0.25) is 11.7 Å². The third-order valence-electron chi connectivity index (χ3n) is 3.62. The van der Waals surface area contributed by atoms with Gasteiger partial charge in [-0.15, -0.1) is 0 Å². The van der Waals surface area contributed by atoms with E-state index in [1.807, 2.05) is 0 Å². The van der Waals surface area contributed by atoms with Crippen LogP contribution >= 0.6 is 11.6 Å². The Balaban J connectivity index is 2.00. The lowest BCUT2D eigenvalue weighted by atomic mass is 10.3. The summed E-state index contributed by atoms with van der Waals surface area (Å²) in [5, 5.41) is 0.284. The molecule has 1 aromatic heterocycles. The third-order valence-corrected chi connectivity index (χ3v) is 3.86. The first-order valence-electron chi connectivity index (χ1n) is 6.95. The van der Waals surface area contributed by atoms with Crippen molar-refractivity contribution in [2.45, 2.75) is 12.7 Å². The van der Waals surface area contributed by atoms with Gasteiger partial charge in [-0.3, -0.25) is 4.79 Å². The van der Waals surface area contributed by atoms with Gasteiger partial charge >= 0.3 is 6.18 Å². The van der Waals surface area contributed by atoms with Crippen LogP contribution in [0.15, 0.2) is 18.2 Å². The number of alkyl halides is 3. The molecule has 0 bridgehead atoms. The second kappa shape index (κ2) is 6.01. The van der Waals surface area contributed by atoms with E-state index >= 15 is 0 Å². The van der Waals surface area contributed by atoms with Crippen molar-refractivity contribution in [3.63, 3.8) is 0 Å². The summed E-state index contributed by atoms with van der Waals surface area (Å²) in [6.45, 7) is 1.07. The summed E-state index contributed by atoms with van der Waals surface area (Å²) in [6.07, 6.45) is -4.66. The van der Waals surface area contributed by atoms with Gasteiger partial charge in [0, 0.05) is 18.1 Å². The number of carbonyl (C=O) groups excluding carboxylic acids is 1. The van der Waals surface area contributed by atoms with Crippen LogP contribution in [0.3, 0.4) is 0 Å². The van der Waals surface area contributed by atoms with Gasteiger partial charge in [-0.2, -0.15) is 13.2 Å². The van der Waals surface area contributed by atoms with Crippen LogP contribution < -0.4 is 0 Å². The molecule has 1 aliphatic rings. The molecule has 0 aliphatic carbocycles. The molecule has 1 aromatic carbocycles. The van der Waals surface area contributed by atoms with Crippen molar-refractivity contribution >= 4 is 28.5 Å². The average Bonchev–Trinajstić information content (AvgIpc) is 2.86. The van der Waals surface area contributed by atoms with E-state index in [9.17, 15) is 18.0 Å². The smallest absolute Gasteiger partial charge is 0.378 e. The number of fused-ring (bicyclic) bond motifs is 1. The topological polar surface area (TPSA) is 47.4 Å². The highest BCUT2D eigenvalue weighted by atomic mass is 35.5. The first-order chi connectivity index (χ1) is 10.9. The van der Waals surface area contributed by atoms with E-state index in [1.54, 1.807) is 0 Å². The Morgan fingerprint density at radius 2 is 2.00 bits per heavy atom. The molecule has 2 heterocycles. The largest absolute Gasteiger partial charge is 0.449 e. The zero-order valence-electron chi connectivity index (χ0n) is 11.9. The van der Waals surface area contributed by atoms with Crippen molar-refractivity contribution in [3.8, 4) is 0 Å². The van der Waals surface area contributed by atoms with Gasteiger partial charge in [-0.05, 0) is 18.2 Å². The number of halogens is 4. The minimum atomic E-state index is -4.66. The molecule has 1 aliphatic heterocycles. The standard InChI is InChI=1S/C14H13ClF3N3O2/c15-9-1-2-10-11(7-9)21(13(19-10)14(16,17)18)8-12(22)20-3-5-23-6-4-20/h1-2,7H,3-6,8H2. The number of benzene rings is 1. The second-order valence-electron chi connectivity index (χ2n) is 5.15. The Labute approximate surface area is 134 Å². The maximum absolute atomic E-state index is 13.2. The summed E-state index contributed by atoms with van der Waals surface area (Å²) in [5.41, 5.74) is 0.336. The Bertz CT molecular complexity index is 739. The van der Waals surface area contributed by atoms with E-state index in [1.165, 1.54) is 23.1 Å². The molecular formula is C14H13ClF3N3O2. The average molecular weight is 348 g/mol. The fourth-order valence-electron chi connectivity index (χ4n) is 2.52. The van der Waals surface area contributed by atoms with Crippen LogP contribution in [0.1, 0.15) is 5.82 Å². The molecular weight excluding hydrogens is 335 g/mol. The van der Waals surface area contributed by atoms with E-state index in [0.29, 0.717) is 26.3 Å². The van der Waals surface area contributed by atoms with E-state index < -0.39 is 24.5 Å². The molecule has 0 saturated carbocycles. The quantitative estimate of drug-likeness (QED) is 0.839. The van der Waals surface area contributed by atoms with Gasteiger partial charge in [0.05, 0.1) is 24.2 Å². The number of imidazole rings is 1. The summed E-state index contributed by atoms with van der Waals surface area (Å²) < 4.78 is 45.7. The number of hydrogen-bond acceptors (Lipinski definition) is 3. The van der Waals surface area contributed by atoms with Gasteiger partial charge in [-0.1, -0.05) is 11.6 Å². The van der Waals surface area contributed by atoms with Crippen LogP contribution in [0.2, 0.25) is 5.02 Å². The highest BCUT2D eigenvalue weighted by molar-refractivity contribution is 6.31. The van der Waals surface area contributed by atoms with Crippen molar-refractivity contribution in [1.29, 1.82) is 0 Å². The van der Waals surface area contributed by atoms with Crippen LogP contribution in [0.4, 0.5) is 13.2 Å². The molecule has 9 heteroatoms. The molecule has 0 atom stereocenters. The number of hydrogen-bond donors (Lipinski definition) is 0. The third kappa shape index (κ3) is 3.28. The fourth-order valence-corrected chi connectivity index (χ4v) is 2.69. The van der Waals surface area contributed by atoms with Crippen LogP contribution in [-0.4, -0.2) is 46.7 Å². The first-order valence-corrected chi connectivity index (χ1v) is 7.32. The van der Waals surface area contributed by atoms with Crippen LogP contribution in [0.5, 0.6) is 0 Å². The van der Waals surface area contributed by atoms with Gasteiger partial charge in [-0.25, -0.2) is 4.98 Å². The second-order valence-corrected chi connectivity index (χ2v) is 5.58. The van der Waals surface area contributed by atoms with Gasteiger partial charge < -0.3 is 14.2 Å². The Morgan fingerprint density at radius 3 is 2.65 bits per heavy atom. The van der Waals surface area contributed by atoms with E-state index in [-0.39, 0.29) is 16.1 Å². The first kappa shape index (κ1) is 16.1. The van der Waals surface area contributed by atoms with Gasteiger partial charge in [0.25, 0.3) is 0 Å². The molecule has 3 rings (SSSR count). The number of carbonyl (C=O) groups is 1. The number of rotatable bonds is 2. The number of morpholine rings is 1. The molecule has 0 N–H and O–H groups in total. The highest BCUT2D eigenvalue weighted by Gasteiger charge is 2.38. The SMILES string of the molecule is O=C(Cn1c(C(F)(F)F)nc2ccc(Cl)cc21)N1CCOCC1. The monoisotopic (exact) mass is 347 g/mol. The predicted octanol–water partition coefficient (Wildman–Crippen LogP) is 2.57. The van der Waals surface area contributed by atoms with Gasteiger partial charge in [0.1, 0.15) is 6.54 Å². The molecule has 1 saturated heterocycles. The zero-order valence-corrected chi connectivity index (χ0v) is 12.7. The molecule has 0 unspecified atom stereocenters. The summed E-state index contributed by atoms with van der Waals surface area (Å²) in [4.78, 5) is 17.4. The molecule has 124 valence electrons.